The van der Waals surface area contributed by atoms with Gasteiger partial charge >= 0.3 is 0 Å². The van der Waals surface area contributed by atoms with Crippen molar-refractivity contribution in [1.82, 2.24) is 14.8 Å². The van der Waals surface area contributed by atoms with Gasteiger partial charge < -0.3 is 10.2 Å². The summed E-state index contributed by atoms with van der Waals surface area (Å²) in [6.07, 6.45) is 3.12. The van der Waals surface area contributed by atoms with Gasteiger partial charge in [0.2, 0.25) is 0 Å². The highest BCUT2D eigenvalue weighted by molar-refractivity contribution is 6.07. The van der Waals surface area contributed by atoms with E-state index in [1.165, 1.54) is 5.56 Å². The average molecular weight is 416 g/mol. The maximum Gasteiger partial charge on any atom is 0.259 e. The molecule has 1 fully saturated rings. The fraction of sp³-hybridized carbons (Fsp3) is 0.304. The predicted molar refractivity (Wildman–Crippen MR) is 118 cm³/mol. The van der Waals surface area contributed by atoms with Crippen molar-refractivity contribution >= 4 is 29.1 Å². The van der Waals surface area contributed by atoms with Crippen LogP contribution in [0, 0.1) is 6.92 Å². The van der Waals surface area contributed by atoms with Gasteiger partial charge in [-0.05, 0) is 43.5 Å². The number of pyridine rings is 1. The van der Waals surface area contributed by atoms with E-state index in [-0.39, 0.29) is 17.9 Å². The summed E-state index contributed by atoms with van der Waals surface area (Å²) in [5, 5.41) is 7.54. The minimum atomic E-state index is -0.352. The standard InChI is InChI=1S/C23H24N6O2/c1-15-13-21(27(2)26-15)29-12-10-18(23(29)31)25-20-8-7-17(14-24-20)22(30)28-11-9-16-5-3-4-6-19(16)28/h3-8,13-14,18H,9-12H2,1-2H3,(H,24,25). The van der Waals surface area contributed by atoms with Crippen molar-refractivity contribution in [1.29, 1.82) is 0 Å². The smallest absolute Gasteiger partial charge is 0.259 e. The number of para-hydroxylation sites is 1. The minimum absolute atomic E-state index is 0.00127. The molecular formula is C23H24N6O2. The van der Waals surface area contributed by atoms with Crippen LogP contribution in [0.2, 0.25) is 0 Å². The number of benzene rings is 1. The molecular weight excluding hydrogens is 392 g/mol. The highest BCUT2D eigenvalue weighted by Crippen LogP contribution is 2.29. The van der Waals surface area contributed by atoms with Gasteiger partial charge in [0.05, 0.1) is 11.3 Å². The van der Waals surface area contributed by atoms with E-state index in [9.17, 15) is 9.59 Å². The van der Waals surface area contributed by atoms with Gasteiger partial charge in [0.15, 0.2) is 0 Å². The van der Waals surface area contributed by atoms with Crippen LogP contribution in [0.4, 0.5) is 17.3 Å². The summed E-state index contributed by atoms with van der Waals surface area (Å²) in [4.78, 5) is 33.8. The lowest BCUT2D eigenvalue weighted by Crippen LogP contribution is -2.34. The van der Waals surface area contributed by atoms with Gasteiger partial charge in [0.25, 0.3) is 11.8 Å². The van der Waals surface area contributed by atoms with E-state index in [2.05, 4.69) is 21.5 Å². The first-order chi connectivity index (χ1) is 15.0. The summed E-state index contributed by atoms with van der Waals surface area (Å²) in [5.74, 6) is 1.32. The molecule has 2 aliphatic heterocycles. The number of rotatable bonds is 4. The van der Waals surface area contributed by atoms with Gasteiger partial charge in [-0.2, -0.15) is 5.10 Å². The van der Waals surface area contributed by atoms with E-state index in [1.807, 2.05) is 38.2 Å². The van der Waals surface area contributed by atoms with Crippen molar-refractivity contribution in [3.05, 3.63) is 65.5 Å². The second kappa shape index (κ2) is 7.54. The van der Waals surface area contributed by atoms with Crippen LogP contribution in [0.15, 0.2) is 48.7 Å². The van der Waals surface area contributed by atoms with Crippen LogP contribution >= 0.6 is 0 Å². The number of nitrogens with zero attached hydrogens (tertiary/aromatic N) is 5. The van der Waals surface area contributed by atoms with Crippen molar-refractivity contribution < 1.29 is 9.59 Å². The molecule has 31 heavy (non-hydrogen) atoms. The third-order valence-corrected chi connectivity index (χ3v) is 5.92. The highest BCUT2D eigenvalue weighted by Gasteiger charge is 2.34. The Morgan fingerprint density at radius 2 is 2.00 bits per heavy atom. The molecule has 4 heterocycles. The lowest BCUT2D eigenvalue weighted by atomic mass is 10.2. The second-order valence-electron chi connectivity index (χ2n) is 8.01. The number of carbonyl (C=O) groups is 2. The largest absolute Gasteiger partial charge is 0.358 e. The van der Waals surface area contributed by atoms with Gasteiger partial charge in [-0.1, -0.05) is 18.2 Å². The van der Waals surface area contributed by atoms with Gasteiger partial charge in [-0.3, -0.25) is 19.2 Å². The first-order valence-corrected chi connectivity index (χ1v) is 10.5. The van der Waals surface area contributed by atoms with E-state index in [1.54, 1.807) is 32.8 Å². The molecule has 8 nitrogen and oxygen atoms in total. The van der Waals surface area contributed by atoms with Crippen LogP contribution in [0.25, 0.3) is 0 Å². The van der Waals surface area contributed by atoms with Crippen molar-refractivity contribution in [3.63, 3.8) is 0 Å². The predicted octanol–water partition coefficient (Wildman–Crippen LogP) is 2.54. The number of aryl methyl sites for hydroxylation is 2. The molecule has 1 aromatic carbocycles. The minimum Gasteiger partial charge on any atom is -0.358 e. The Bertz CT molecular complexity index is 1150. The summed E-state index contributed by atoms with van der Waals surface area (Å²) in [6.45, 7) is 3.21. The van der Waals surface area contributed by atoms with E-state index in [4.69, 9.17) is 0 Å². The third-order valence-electron chi connectivity index (χ3n) is 5.92. The number of anilines is 3. The maximum absolute atomic E-state index is 12.9. The average Bonchev–Trinajstić information content (AvgIpc) is 3.45. The van der Waals surface area contributed by atoms with Crippen molar-refractivity contribution in [2.24, 2.45) is 7.05 Å². The van der Waals surface area contributed by atoms with E-state index in [0.717, 1.165) is 23.6 Å². The summed E-state index contributed by atoms with van der Waals surface area (Å²) in [5.41, 5.74) is 3.57. The number of aromatic nitrogens is 3. The zero-order valence-electron chi connectivity index (χ0n) is 17.6. The lowest BCUT2D eigenvalue weighted by Gasteiger charge is -2.18. The number of amides is 2. The normalized spacial score (nSPS) is 17.9. The Kier molecular flexibility index (Phi) is 4.69. The number of nitrogens with one attached hydrogen (secondary N) is 1. The Morgan fingerprint density at radius 3 is 2.74 bits per heavy atom. The summed E-state index contributed by atoms with van der Waals surface area (Å²) in [6, 6.07) is 13.1. The third kappa shape index (κ3) is 3.43. The van der Waals surface area contributed by atoms with Crippen molar-refractivity contribution in [3.8, 4) is 0 Å². The quantitative estimate of drug-likeness (QED) is 0.707. The number of carbonyl (C=O) groups excluding carboxylic acids is 2. The molecule has 2 aliphatic rings. The number of hydrogen-bond donors (Lipinski definition) is 1. The highest BCUT2D eigenvalue weighted by atomic mass is 16.2. The van der Waals surface area contributed by atoms with E-state index >= 15 is 0 Å². The summed E-state index contributed by atoms with van der Waals surface area (Å²) >= 11 is 0. The Balaban J connectivity index is 1.26. The van der Waals surface area contributed by atoms with Crippen molar-refractivity contribution in [2.75, 3.05) is 28.2 Å². The molecule has 1 atom stereocenters. The van der Waals surface area contributed by atoms with Gasteiger partial charge in [0, 0.05) is 38.1 Å². The van der Waals surface area contributed by atoms with Crippen LogP contribution in [0.5, 0.6) is 0 Å². The Hall–Kier alpha value is -3.68. The zero-order valence-corrected chi connectivity index (χ0v) is 17.6. The maximum atomic E-state index is 12.9. The van der Waals surface area contributed by atoms with Crippen LogP contribution in [0.3, 0.4) is 0 Å². The van der Waals surface area contributed by atoms with E-state index < -0.39 is 0 Å². The molecule has 0 saturated carbocycles. The lowest BCUT2D eigenvalue weighted by molar-refractivity contribution is -0.117. The summed E-state index contributed by atoms with van der Waals surface area (Å²) < 4.78 is 1.73. The second-order valence-corrected chi connectivity index (χ2v) is 8.01. The molecule has 0 aliphatic carbocycles. The Morgan fingerprint density at radius 1 is 1.16 bits per heavy atom. The fourth-order valence-corrected chi connectivity index (χ4v) is 4.38. The first-order valence-electron chi connectivity index (χ1n) is 10.5. The van der Waals surface area contributed by atoms with Crippen LogP contribution in [0.1, 0.15) is 28.0 Å². The Labute approximate surface area is 180 Å². The monoisotopic (exact) mass is 416 g/mol. The topological polar surface area (TPSA) is 83.4 Å². The molecule has 2 amide bonds. The first kappa shape index (κ1) is 19.3. The number of hydrogen-bond acceptors (Lipinski definition) is 5. The SMILES string of the molecule is Cc1cc(N2CCC(Nc3ccc(C(=O)N4CCc5ccccc54)cn3)C2=O)n(C)n1. The molecule has 3 aromatic rings. The van der Waals surface area contributed by atoms with Crippen molar-refractivity contribution in [2.45, 2.75) is 25.8 Å². The van der Waals surface area contributed by atoms with Gasteiger partial charge in [-0.15, -0.1) is 0 Å². The van der Waals surface area contributed by atoms with Crippen LogP contribution in [-0.4, -0.2) is 45.7 Å². The molecule has 0 radical (unpaired) electrons. The summed E-state index contributed by atoms with van der Waals surface area (Å²) in [7, 11) is 1.84. The molecule has 1 saturated heterocycles. The molecule has 2 aromatic heterocycles. The molecule has 158 valence electrons. The number of fused-ring (bicyclic) bond motifs is 1. The van der Waals surface area contributed by atoms with Gasteiger partial charge in [0.1, 0.15) is 17.7 Å². The molecule has 0 spiro atoms. The van der Waals surface area contributed by atoms with Crippen LogP contribution in [-0.2, 0) is 18.3 Å². The molecule has 1 unspecified atom stereocenters. The van der Waals surface area contributed by atoms with E-state index in [0.29, 0.717) is 30.9 Å². The van der Waals surface area contributed by atoms with Gasteiger partial charge in [-0.25, -0.2) is 4.98 Å². The molecule has 5 rings (SSSR count). The molecule has 1 N–H and O–H groups in total. The molecule has 8 heteroatoms. The van der Waals surface area contributed by atoms with Crippen LogP contribution < -0.4 is 15.1 Å². The zero-order chi connectivity index (χ0) is 21.5. The molecule has 0 bridgehead atoms. The fourth-order valence-electron chi connectivity index (χ4n) is 4.38.